The minimum absolute atomic E-state index is 0. The molecule has 0 aliphatic rings. The van der Waals surface area contributed by atoms with Gasteiger partial charge in [0, 0.05) is 6.54 Å². The fourth-order valence-electron chi connectivity index (χ4n) is 2.99. The molecule has 2 heteroatoms. The van der Waals surface area contributed by atoms with E-state index in [-0.39, 0.29) is 12.4 Å². The van der Waals surface area contributed by atoms with Crippen molar-refractivity contribution in [3.63, 3.8) is 0 Å². The highest BCUT2D eigenvalue weighted by atomic mass is 35.5. The van der Waals surface area contributed by atoms with Crippen LogP contribution in [0.25, 0.3) is 0 Å². The molecule has 134 valence electrons. The highest BCUT2D eigenvalue weighted by molar-refractivity contribution is 5.85. The van der Waals surface area contributed by atoms with Crippen molar-refractivity contribution in [1.29, 1.82) is 0 Å². The fraction of sp³-hybridized carbons (Fsp3) is 0.714. The number of nitrogens with zero attached hydrogens (tertiary/aromatic N) is 1. The second-order valence-electron chi connectivity index (χ2n) is 6.99. The Kier molecular flexibility index (Phi) is 14.7. The van der Waals surface area contributed by atoms with E-state index in [1.54, 1.807) is 0 Å². The van der Waals surface area contributed by atoms with Crippen LogP contribution in [0, 0.1) is 0 Å². The third-order valence-corrected chi connectivity index (χ3v) is 4.34. The van der Waals surface area contributed by atoms with Crippen molar-refractivity contribution in [3.8, 4) is 0 Å². The Hall–Kier alpha value is -0.530. The van der Waals surface area contributed by atoms with Crippen LogP contribution in [0.2, 0.25) is 0 Å². The lowest BCUT2D eigenvalue weighted by Gasteiger charge is -2.10. The van der Waals surface area contributed by atoms with Crippen molar-refractivity contribution < 1.29 is 0 Å². The van der Waals surface area contributed by atoms with Gasteiger partial charge in [0.1, 0.15) is 0 Å². The van der Waals surface area contributed by atoms with Gasteiger partial charge >= 0.3 is 0 Å². The first-order valence-corrected chi connectivity index (χ1v) is 9.45. The van der Waals surface area contributed by atoms with Gasteiger partial charge in [-0.1, -0.05) is 89.0 Å². The Balaban J connectivity index is 0.00000484. The summed E-state index contributed by atoms with van der Waals surface area (Å²) in [7, 11) is 4.25. The molecule has 1 aromatic rings. The molecule has 0 amide bonds. The lowest BCUT2D eigenvalue weighted by molar-refractivity contribution is 0.402. The Morgan fingerprint density at radius 3 is 1.57 bits per heavy atom. The zero-order valence-corrected chi connectivity index (χ0v) is 16.5. The summed E-state index contributed by atoms with van der Waals surface area (Å²) in [5, 5.41) is 0. The highest BCUT2D eigenvalue weighted by Crippen LogP contribution is 2.13. The molecule has 23 heavy (non-hydrogen) atoms. The van der Waals surface area contributed by atoms with E-state index >= 15 is 0 Å². The minimum Gasteiger partial charge on any atom is -0.305 e. The molecule has 1 rings (SSSR count). The molecule has 0 bridgehead atoms. The Morgan fingerprint density at radius 1 is 0.652 bits per heavy atom. The molecule has 1 nitrogen and oxygen atoms in total. The van der Waals surface area contributed by atoms with Crippen LogP contribution in [0.1, 0.15) is 82.3 Å². The molecule has 0 fully saturated rings. The summed E-state index contributed by atoms with van der Waals surface area (Å²) in [4.78, 5) is 2.22. The van der Waals surface area contributed by atoms with E-state index in [4.69, 9.17) is 0 Å². The van der Waals surface area contributed by atoms with Crippen molar-refractivity contribution in [2.24, 2.45) is 0 Å². The topological polar surface area (TPSA) is 3.24 Å². The van der Waals surface area contributed by atoms with Crippen LogP contribution in [-0.4, -0.2) is 19.0 Å². The zero-order chi connectivity index (χ0) is 16.0. The predicted molar refractivity (Wildman–Crippen MR) is 107 cm³/mol. The van der Waals surface area contributed by atoms with E-state index in [9.17, 15) is 0 Å². The van der Waals surface area contributed by atoms with Gasteiger partial charge in [-0.05, 0) is 38.1 Å². The van der Waals surface area contributed by atoms with Gasteiger partial charge in [0.25, 0.3) is 0 Å². The molecule has 0 saturated heterocycles. The van der Waals surface area contributed by atoms with Crippen LogP contribution in [0.3, 0.4) is 0 Å². The van der Waals surface area contributed by atoms with Gasteiger partial charge in [-0.25, -0.2) is 0 Å². The van der Waals surface area contributed by atoms with Crippen molar-refractivity contribution in [2.45, 2.75) is 84.1 Å². The molecule has 0 spiro atoms. The average molecular weight is 340 g/mol. The zero-order valence-electron chi connectivity index (χ0n) is 15.7. The molecule has 0 heterocycles. The number of hydrogen-bond acceptors (Lipinski definition) is 1. The Morgan fingerprint density at radius 2 is 1.09 bits per heavy atom. The maximum atomic E-state index is 2.31. The molecule has 0 N–H and O–H groups in total. The lowest BCUT2D eigenvalue weighted by atomic mass is 10.0. The van der Waals surface area contributed by atoms with Crippen molar-refractivity contribution in [1.82, 2.24) is 4.90 Å². The number of rotatable bonds is 13. The van der Waals surface area contributed by atoms with Gasteiger partial charge in [-0.15, -0.1) is 12.4 Å². The van der Waals surface area contributed by atoms with Gasteiger partial charge in [0.2, 0.25) is 0 Å². The van der Waals surface area contributed by atoms with Crippen LogP contribution < -0.4 is 0 Å². The van der Waals surface area contributed by atoms with E-state index in [1.807, 2.05) is 0 Å². The van der Waals surface area contributed by atoms with Gasteiger partial charge in [0.15, 0.2) is 0 Å². The first kappa shape index (κ1) is 22.5. The molecule has 0 atom stereocenters. The van der Waals surface area contributed by atoms with E-state index in [0.29, 0.717) is 0 Å². The van der Waals surface area contributed by atoms with Crippen LogP contribution in [0.15, 0.2) is 24.3 Å². The maximum absolute atomic E-state index is 2.31. The van der Waals surface area contributed by atoms with Crippen molar-refractivity contribution in [2.75, 3.05) is 14.1 Å². The van der Waals surface area contributed by atoms with Gasteiger partial charge in [0.05, 0.1) is 0 Å². The number of aryl methyl sites for hydroxylation is 1. The number of unbranched alkanes of at least 4 members (excludes halogenated alkanes) is 9. The molecule has 0 unspecified atom stereocenters. The smallest absolute Gasteiger partial charge is 0.0227 e. The maximum Gasteiger partial charge on any atom is 0.0227 e. The third kappa shape index (κ3) is 12.5. The van der Waals surface area contributed by atoms with E-state index in [2.05, 4.69) is 50.2 Å². The van der Waals surface area contributed by atoms with Gasteiger partial charge in [-0.3, -0.25) is 0 Å². The summed E-state index contributed by atoms with van der Waals surface area (Å²) in [5.74, 6) is 0. The summed E-state index contributed by atoms with van der Waals surface area (Å²) >= 11 is 0. The number of halogens is 1. The first-order valence-electron chi connectivity index (χ1n) is 9.45. The normalized spacial score (nSPS) is 10.8. The molecular weight excluding hydrogens is 302 g/mol. The number of benzene rings is 1. The summed E-state index contributed by atoms with van der Waals surface area (Å²) in [6, 6.07) is 9.19. The summed E-state index contributed by atoms with van der Waals surface area (Å²) < 4.78 is 0. The van der Waals surface area contributed by atoms with Gasteiger partial charge < -0.3 is 4.90 Å². The number of hydrogen-bond donors (Lipinski definition) is 0. The second kappa shape index (κ2) is 15.0. The first-order chi connectivity index (χ1) is 10.7. The minimum atomic E-state index is 0. The largest absolute Gasteiger partial charge is 0.305 e. The summed E-state index contributed by atoms with van der Waals surface area (Å²) in [6.07, 6.45) is 15.4. The van der Waals surface area contributed by atoms with Crippen LogP contribution in [-0.2, 0) is 13.0 Å². The van der Waals surface area contributed by atoms with Crippen LogP contribution in [0.5, 0.6) is 0 Å². The third-order valence-electron chi connectivity index (χ3n) is 4.34. The van der Waals surface area contributed by atoms with E-state index in [1.165, 1.54) is 81.8 Å². The van der Waals surface area contributed by atoms with Gasteiger partial charge in [-0.2, -0.15) is 0 Å². The SMILES string of the molecule is CCCCCCCCCCCCc1ccc(CN(C)C)cc1.Cl. The lowest BCUT2D eigenvalue weighted by Crippen LogP contribution is -2.10. The molecule has 0 aliphatic carbocycles. The predicted octanol–water partition coefficient (Wildman–Crippen LogP) is 6.63. The van der Waals surface area contributed by atoms with E-state index in [0.717, 1.165) is 6.54 Å². The summed E-state index contributed by atoms with van der Waals surface area (Å²) in [6.45, 7) is 3.33. The quantitative estimate of drug-likeness (QED) is 0.364. The fourth-order valence-corrected chi connectivity index (χ4v) is 2.99. The monoisotopic (exact) mass is 339 g/mol. The van der Waals surface area contributed by atoms with Crippen molar-refractivity contribution >= 4 is 12.4 Å². The Bertz CT molecular complexity index is 359. The van der Waals surface area contributed by atoms with Crippen molar-refractivity contribution in [3.05, 3.63) is 35.4 Å². The second-order valence-corrected chi connectivity index (χ2v) is 6.99. The van der Waals surface area contributed by atoms with Crippen LogP contribution >= 0.6 is 12.4 Å². The molecule has 0 aliphatic heterocycles. The molecule has 0 aromatic heterocycles. The molecular formula is C21H38ClN. The average Bonchev–Trinajstić information content (AvgIpc) is 2.50. The Labute approximate surface area is 151 Å². The molecule has 0 saturated carbocycles. The summed E-state index contributed by atoms with van der Waals surface area (Å²) in [5.41, 5.74) is 2.92. The van der Waals surface area contributed by atoms with E-state index < -0.39 is 0 Å². The molecule has 1 aromatic carbocycles. The van der Waals surface area contributed by atoms with Crippen LogP contribution in [0.4, 0.5) is 0 Å². The molecule has 0 radical (unpaired) electrons. The highest BCUT2D eigenvalue weighted by Gasteiger charge is 1.97. The standard InChI is InChI=1S/C21H37N.ClH/c1-4-5-6-7-8-9-10-11-12-13-14-20-15-17-21(18-16-20)19-22(2)3;/h15-18H,4-14,19H2,1-3H3;1H.